The van der Waals surface area contributed by atoms with Crippen LogP contribution in [0.15, 0.2) is 4.52 Å². The number of nitrogens with one attached hydrogen (secondary N) is 1. The van der Waals surface area contributed by atoms with Gasteiger partial charge in [0.2, 0.25) is 5.89 Å². The Balaban J connectivity index is 1.70. The summed E-state index contributed by atoms with van der Waals surface area (Å²) in [6.07, 6.45) is 2.09. The summed E-state index contributed by atoms with van der Waals surface area (Å²) in [5.41, 5.74) is 0. The highest BCUT2D eigenvalue weighted by Crippen LogP contribution is 2.30. The van der Waals surface area contributed by atoms with E-state index in [1.54, 1.807) is 0 Å². The van der Waals surface area contributed by atoms with Gasteiger partial charge in [-0.05, 0) is 33.2 Å². The van der Waals surface area contributed by atoms with E-state index in [0.717, 1.165) is 38.2 Å². The largest absolute Gasteiger partial charge is 0.337 e. The number of hydrogen-bond acceptors (Lipinski definition) is 6. The van der Waals surface area contributed by atoms with Gasteiger partial charge in [0.25, 0.3) is 11.7 Å². The fourth-order valence-corrected chi connectivity index (χ4v) is 3.80. The third kappa shape index (κ3) is 2.83. The second kappa shape index (κ2) is 5.37. The average molecular weight is 296 g/mol. The number of amides is 1. The molecule has 1 atom stereocenters. The van der Waals surface area contributed by atoms with Crippen LogP contribution in [0.3, 0.4) is 0 Å². The Labute approximate surface area is 122 Å². The van der Waals surface area contributed by atoms with E-state index in [-0.39, 0.29) is 22.5 Å². The first kappa shape index (κ1) is 13.9. The molecule has 0 aromatic carbocycles. The summed E-state index contributed by atoms with van der Waals surface area (Å²) >= 11 is 1.89. The fraction of sp³-hybridized carbons (Fsp3) is 0.769. The van der Waals surface area contributed by atoms with Crippen molar-refractivity contribution >= 4 is 17.7 Å². The molecule has 0 bridgehead atoms. The van der Waals surface area contributed by atoms with Gasteiger partial charge in [-0.1, -0.05) is 5.16 Å². The van der Waals surface area contributed by atoms with Gasteiger partial charge in [-0.15, -0.1) is 0 Å². The van der Waals surface area contributed by atoms with Crippen molar-refractivity contribution in [1.29, 1.82) is 0 Å². The van der Waals surface area contributed by atoms with E-state index in [1.165, 1.54) is 0 Å². The van der Waals surface area contributed by atoms with Gasteiger partial charge in [0.1, 0.15) is 0 Å². The standard InChI is InChI=1S/C13H20N4O2S/c1-13(2)8-17(6-7-20-13)12(18)10-15-11(19-16-10)9-4-3-5-14-9/h9,14H,3-8H2,1-2H3. The highest BCUT2D eigenvalue weighted by atomic mass is 32.2. The molecule has 2 aliphatic rings. The zero-order valence-corrected chi connectivity index (χ0v) is 12.7. The van der Waals surface area contributed by atoms with Crippen LogP contribution in [0, 0.1) is 0 Å². The lowest BCUT2D eigenvalue weighted by Gasteiger charge is -2.36. The maximum absolute atomic E-state index is 12.4. The monoisotopic (exact) mass is 296 g/mol. The summed E-state index contributed by atoms with van der Waals surface area (Å²) in [6.45, 7) is 6.75. The molecule has 0 spiro atoms. The Kier molecular flexibility index (Phi) is 3.72. The van der Waals surface area contributed by atoms with E-state index in [0.29, 0.717) is 5.89 Å². The van der Waals surface area contributed by atoms with E-state index in [1.807, 2.05) is 16.7 Å². The SMILES string of the molecule is CC1(C)CN(C(=O)c2noc(C3CCCN3)n2)CCS1. The summed E-state index contributed by atoms with van der Waals surface area (Å²) in [4.78, 5) is 18.5. The molecule has 1 N–H and O–H groups in total. The minimum atomic E-state index is -0.119. The van der Waals surface area contributed by atoms with Crippen LogP contribution >= 0.6 is 11.8 Å². The first-order valence-corrected chi connectivity index (χ1v) is 8.04. The molecule has 0 aliphatic carbocycles. The van der Waals surface area contributed by atoms with Crippen molar-refractivity contribution in [2.75, 3.05) is 25.4 Å². The molecule has 3 rings (SSSR count). The van der Waals surface area contributed by atoms with Crippen molar-refractivity contribution in [2.45, 2.75) is 37.5 Å². The number of rotatable bonds is 2. The number of carbonyl (C=O) groups is 1. The summed E-state index contributed by atoms with van der Waals surface area (Å²) in [5, 5.41) is 7.15. The van der Waals surface area contributed by atoms with E-state index in [2.05, 4.69) is 29.3 Å². The predicted molar refractivity (Wildman–Crippen MR) is 76.7 cm³/mol. The lowest BCUT2D eigenvalue weighted by molar-refractivity contribution is 0.0732. The molecule has 2 saturated heterocycles. The number of aromatic nitrogens is 2. The molecular weight excluding hydrogens is 276 g/mol. The molecule has 1 aromatic heterocycles. The van der Waals surface area contributed by atoms with Gasteiger partial charge >= 0.3 is 0 Å². The van der Waals surface area contributed by atoms with Gasteiger partial charge in [-0.3, -0.25) is 4.79 Å². The molecule has 2 aliphatic heterocycles. The highest BCUT2D eigenvalue weighted by molar-refractivity contribution is 8.00. The minimum absolute atomic E-state index is 0.0908. The molecule has 110 valence electrons. The zero-order valence-electron chi connectivity index (χ0n) is 11.9. The molecule has 7 heteroatoms. The third-order valence-electron chi connectivity index (χ3n) is 3.70. The van der Waals surface area contributed by atoms with E-state index < -0.39 is 0 Å². The first-order valence-electron chi connectivity index (χ1n) is 7.05. The van der Waals surface area contributed by atoms with Crippen molar-refractivity contribution in [1.82, 2.24) is 20.4 Å². The molecule has 20 heavy (non-hydrogen) atoms. The summed E-state index contributed by atoms with van der Waals surface area (Å²) in [6, 6.07) is 0.109. The zero-order chi connectivity index (χ0) is 14.2. The van der Waals surface area contributed by atoms with Crippen LogP contribution in [0.5, 0.6) is 0 Å². The van der Waals surface area contributed by atoms with Crippen LogP contribution < -0.4 is 5.32 Å². The Morgan fingerprint density at radius 3 is 3.10 bits per heavy atom. The van der Waals surface area contributed by atoms with E-state index in [9.17, 15) is 4.79 Å². The Bertz CT molecular complexity index is 496. The van der Waals surface area contributed by atoms with E-state index in [4.69, 9.17) is 4.52 Å². The summed E-state index contributed by atoms with van der Waals surface area (Å²) in [5.74, 6) is 1.56. The van der Waals surface area contributed by atoms with Crippen LogP contribution in [0.1, 0.15) is 49.2 Å². The molecule has 1 unspecified atom stereocenters. The normalized spacial score (nSPS) is 25.9. The minimum Gasteiger partial charge on any atom is -0.337 e. The van der Waals surface area contributed by atoms with Crippen LogP contribution in [-0.4, -0.2) is 51.1 Å². The molecule has 0 saturated carbocycles. The summed E-state index contributed by atoms with van der Waals surface area (Å²) < 4.78 is 5.33. The number of hydrogen-bond donors (Lipinski definition) is 1. The van der Waals surface area contributed by atoms with Crippen LogP contribution in [0.2, 0.25) is 0 Å². The molecule has 3 heterocycles. The third-order valence-corrected chi connectivity index (χ3v) is 5.00. The van der Waals surface area contributed by atoms with Crippen molar-refractivity contribution in [3.05, 3.63) is 11.7 Å². The van der Waals surface area contributed by atoms with Crippen molar-refractivity contribution in [2.24, 2.45) is 0 Å². The molecule has 2 fully saturated rings. The molecule has 6 nitrogen and oxygen atoms in total. The smallest absolute Gasteiger partial charge is 0.295 e. The molecule has 1 amide bonds. The van der Waals surface area contributed by atoms with Crippen molar-refractivity contribution < 1.29 is 9.32 Å². The average Bonchev–Trinajstić information content (AvgIpc) is 3.07. The van der Waals surface area contributed by atoms with Gasteiger partial charge in [-0.2, -0.15) is 16.7 Å². The van der Waals surface area contributed by atoms with Gasteiger partial charge in [0, 0.05) is 23.6 Å². The van der Waals surface area contributed by atoms with Crippen LogP contribution in [0.4, 0.5) is 0 Å². The predicted octanol–water partition coefficient (Wildman–Crippen LogP) is 1.46. The quantitative estimate of drug-likeness (QED) is 0.891. The Morgan fingerprint density at radius 1 is 1.55 bits per heavy atom. The van der Waals surface area contributed by atoms with Gasteiger partial charge < -0.3 is 14.7 Å². The molecule has 0 radical (unpaired) electrons. The molecular formula is C13H20N4O2S. The number of thioether (sulfide) groups is 1. The topological polar surface area (TPSA) is 71.3 Å². The number of carbonyl (C=O) groups excluding carboxylic acids is 1. The highest BCUT2D eigenvalue weighted by Gasteiger charge is 2.33. The lowest BCUT2D eigenvalue weighted by atomic mass is 10.2. The van der Waals surface area contributed by atoms with Crippen molar-refractivity contribution in [3.63, 3.8) is 0 Å². The lowest BCUT2D eigenvalue weighted by Crippen LogP contribution is -2.46. The Morgan fingerprint density at radius 2 is 2.40 bits per heavy atom. The van der Waals surface area contributed by atoms with Gasteiger partial charge in [-0.25, -0.2) is 0 Å². The van der Waals surface area contributed by atoms with Crippen LogP contribution in [0.25, 0.3) is 0 Å². The maximum Gasteiger partial charge on any atom is 0.295 e. The summed E-state index contributed by atoms with van der Waals surface area (Å²) in [7, 11) is 0. The van der Waals surface area contributed by atoms with Crippen LogP contribution in [-0.2, 0) is 0 Å². The first-order chi connectivity index (χ1) is 9.55. The molecule has 1 aromatic rings. The number of nitrogens with zero attached hydrogens (tertiary/aromatic N) is 3. The Hall–Kier alpha value is -1.08. The second-order valence-corrected chi connectivity index (χ2v) is 7.74. The second-order valence-electron chi connectivity index (χ2n) is 5.94. The van der Waals surface area contributed by atoms with Crippen molar-refractivity contribution in [3.8, 4) is 0 Å². The maximum atomic E-state index is 12.4. The fourth-order valence-electron chi connectivity index (χ4n) is 2.69. The van der Waals surface area contributed by atoms with Gasteiger partial charge in [0.05, 0.1) is 6.04 Å². The van der Waals surface area contributed by atoms with E-state index >= 15 is 0 Å². The van der Waals surface area contributed by atoms with Gasteiger partial charge in [0.15, 0.2) is 0 Å².